The van der Waals surface area contributed by atoms with Gasteiger partial charge in [0.25, 0.3) is 0 Å². The Bertz CT molecular complexity index is 686. The molecule has 0 saturated heterocycles. The third-order valence-corrected chi connectivity index (χ3v) is 4.43. The van der Waals surface area contributed by atoms with Crippen molar-refractivity contribution in [2.45, 2.75) is 4.90 Å². The summed E-state index contributed by atoms with van der Waals surface area (Å²) in [6.45, 7) is 4.12. The van der Waals surface area contributed by atoms with Crippen LogP contribution in [0.2, 0.25) is 0 Å². The highest BCUT2D eigenvalue weighted by molar-refractivity contribution is 8.08. The first-order chi connectivity index (χ1) is 9.65. The van der Waals surface area contributed by atoms with Crippen LogP contribution in [0, 0.1) is 0 Å². The van der Waals surface area contributed by atoms with Gasteiger partial charge in [-0.3, -0.25) is 0 Å². The van der Waals surface area contributed by atoms with Crippen LogP contribution in [0.4, 0.5) is 11.4 Å². The highest BCUT2D eigenvalue weighted by Crippen LogP contribution is 2.43. The molecule has 2 aromatic carbocycles. The number of rotatable bonds is 2. The smallest absolute Gasteiger partial charge is 0.0493 e. The summed E-state index contributed by atoms with van der Waals surface area (Å²) in [6.07, 6.45) is 2.13. The fraction of sp³-hybridized carbons (Fsp3) is 0.0588. The maximum atomic E-state index is 5.73. The third kappa shape index (κ3) is 2.32. The van der Waals surface area contributed by atoms with E-state index >= 15 is 0 Å². The zero-order chi connectivity index (χ0) is 14.1. The molecule has 0 spiro atoms. The number of nitrogens with two attached hydrogens (primary N) is 1. The minimum absolute atomic E-state index is 0.788. The van der Waals surface area contributed by atoms with Gasteiger partial charge in [0.2, 0.25) is 0 Å². The van der Waals surface area contributed by atoms with E-state index in [0.717, 1.165) is 11.4 Å². The number of anilines is 2. The molecule has 0 atom stereocenters. The van der Waals surface area contributed by atoms with Crippen LogP contribution < -0.4 is 10.6 Å². The molecule has 0 fully saturated rings. The van der Waals surface area contributed by atoms with Crippen molar-refractivity contribution in [3.63, 3.8) is 0 Å². The molecule has 0 aliphatic carbocycles. The van der Waals surface area contributed by atoms with Crippen molar-refractivity contribution in [3.05, 3.63) is 72.4 Å². The summed E-state index contributed by atoms with van der Waals surface area (Å²) in [5.41, 5.74) is 9.95. The van der Waals surface area contributed by atoms with Crippen molar-refractivity contribution < 1.29 is 0 Å². The second-order valence-corrected chi connectivity index (χ2v) is 5.86. The van der Waals surface area contributed by atoms with Gasteiger partial charge < -0.3 is 10.6 Å². The minimum Gasteiger partial charge on any atom is -0.399 e. The molecule has 0 aromatic heterocycles. The molecule has 2 aromatic rings. The molecule has 2 N–H and O–H groups in total. The lowest BCUT2D eigenvalue weighted by atomic mass is 10.1. The number of thioether (sulfide) groups is 1. The van der Waals surface area contributed by atoms with E-state index in [2.05, 4.69) is 41.8 Å². The fourth-order valence-corrected chi connectivity index (χ4v) is 3.21. The van der Waals surface area contributed by atoms with E-state index in [0.29, 0.717) is 0 Å². The van der Waals surface area contributed by atoms with Crippen molar-refractivity contribution in [1.82, 2.24) is 0 Å². The Morgan fingerprint density at radius 1 is 1.05 bits per heavy atom. The Balaban J connectivity index is 1.98. The molecule has 3 heteroatoms. The summed E-state index contributed by atoms with van der Waals surface area (Å²) < 4.78 is 0. The van der Waals surface area contributed by atoms with E-state index in [-0.39, 0.29) is 0 Å². The fourth-order valence-electron chi connectivity index (χ4n) is 2.20. The van der Waals surface area contributed by atoms with E-state index in [1.165, 1.54) is 21.1 Å². The lowest BCUT2D eigenvalue weighted by molar-refractivity contribution is 1.13. The second kappa shape index (κ2) is 5.10. The number of benzene rings is 2. The van der Waals surface area contributed by atoms with E-state index in [4.69, 9.17) is 5.73 Å². The lowest BCUT2D eigenvalue weighted by Gasteiger charge is -2.28. The topological polar surface area (TPSA) is 29.3 Å². The van der Waals surface area contributed by atoms with Gasteiger partial charge in [0.1, 0.15) is 0 Å². The molecule has 0 saturated carbocycles. The van der Waals surface area contributed by atoms with E-state index in [1.807, 2.05) is 31.3 Å². The van der Waals surface area contributed by atoms with Crippen molar-refractivity contribution in [2.24, 2.45) is 0 Å². The van der Waals surface area contributed by atoms with Gasteiger partial charge in [0.15, 0.2) is 0 Å². The number of fused-ring (bicyclic) bond motifs is 1. The van der Waals surface area contributed by atoms with Crippen molar-refractivity contribution >= 4 is 28.0 Å². The van der Waals surface area contributed by atoms with Gasteiger partial charge in [-0.25, -0.2) is 0 Å². The normalized spacial score (nSPS) is 13.9. The molecule has 20 heavy (non-hydrogen) atoms. The summed E-state index contributed by atoms with van der Waals surface area (Å²) in [6, 6.07) is 16.3. The zero-order valence-electron chi connectivity index (χ0n) is 11.3. The summed E-state index contributed by atoms with van der Waals surface area (Å²) in [4.78, 5) is 4.51. The van der Waals surface area contributed by atoms with Crippen LogP contribution in [0.25, 0.3) is 4.91 Å². The third-order valence-electron chi connectivity index (χ3n) is 3.37. The van der Waals surface area contributed by atoms with Crippen molar-refractivity contribution in [1.29, 1.82) is 0 Å². The predicted molar refractivity (Wildman–Crippen MR) is 88.7 cm³/mol. The summed E-state index contributed by atoms with van der Waals surface area (Å²) in [5.74, 6) is 0. The van der Waals surface area contributed by atoms with E-state index in [1.54, 1.807) is 11.8 Å². The Morgan fingerprint density at radius 3 is 2.50 bits per heavy atom. The van der Waals surface area contributed by atoms with Gasteiger partial charge in [-0.2, -0.15) is 0 Å². The molecule has 1 aliphatic rings. The van der Waals surface area contributed by atoms with Gasteiger partial charge >= 0.3 is 0 Å². The highest BCUT2D eigenvalue weighted by atomic mass is 32.2. The molecule has 0 amide bonds. The monoisotopic (exact) mass is 280 g/mol. The summed E-state index contributed by atoms with van der Waals surface area (Å²) >= 11 is 1.74. The number of nitrogens with zero attached hydrogens (tertiary/aromatic N) is 1. The Hall–Kier alpha value is -2.13. The zero-order valence-corrected chi connectivity index (χ0v) is 12.2. The molecule has 0 bridgehead atoms. The molecule has 0 radical (unpaired) electrons. The molecule has 3 rings (SSSR count). The maximum absolute atomic E-state index is 5.73. The SMILES string of the molecule is C=C1C=C(Sc2ccc(N)cc2)c2ccccc2N1C. The Morgan fingerprint density at radius 2 is 1.75 bits per heavy atom. The molecule has 100 valence electrons. The van der Waals surface area contributed by atoms with Crippen LogP contribution >= 0.6 is 11.8 Å². The van der Waals surface area contributed by atoms with Gasteiger partial charge in [-0.05, 0) is 36.4 Å². The quantitative estimate of drug-likeness (QED) is 0.828. The van der Waals surface area contributed by atoms with Gasteiger partial charge in [0, 0.05) is 39.5 Å². The minimum atomic E-state index is 0.788. The van der Waals surface area contributed by atoms with Crippen LogP contribution in [-0.2, 0) is 0 Å². The number of likely N-dealkylation sites (N-methyl/N-ethyl adjacent to an activating group) is 1. The van der Waals surface area contributed by atoms with Gasteiger partial charge in [0.05, 0.1) is 0 Å². The van der Waals surface area contributed by atoms with Gasteiger partial charge in [-0.1, -0.05) is 36.5 Å². The molecule has 0 unspecified atom stereocenters. The van der Waals surface area contributed by atoms with E-state index in [9.17, 15) is 0 Å². The Labute approximate surface area is 123 Å². The lowest BCUT2D eigenvalue weighted by Crippen LogP contribution is -2.18. The van der Waals surface area contributed by atoms with Crippen LogP contribution in [0.15, 0.2) is 71.8 Å². The average molecular weight is 280 g/mol. The van der Waals surface area contributed by atoms with Crippen molar-refractivity contribution in [3.8, 4) is 0 Å². The van der Waals surface area contributed by atoms with Crippen LogP contribution in [0.3, 0.4) is 0 Å². The first-order valence-electron chi connectivity index (χ1n) is 6.42. The molecular weight excluding hydrogens is 264 g/mol. The van der Waals surface area contributed by atoms with Crippen LogP contribution in [0.5, 0.6) is 0 Å². The molecule has 1 aliphatic heterocycles. The number of hydrogen-bond donors (Lipinski definition) is 1. The van der Waals surface area contributed by atoms with E-state index < -0.39 is 0 Å². The number of nitrogen functional groups attached to an aromatic ring is 1. The highest BCUT2D eigenvalue weighted by Gasteiger charge is 2.18. The number of para-hydroxylation sites is 1. The number of hydrogen-bond acceptors (Lipinski definition) is 3. The Kier molecular flexibility index (Phi) is 3.28. The predicted octanol–water partition coefficient (Wildman–Crippen LogP) is 4.37. The van der Waals surface area contributed by atoms with Gasteiger partial charge in [-0.15, -0.1) is 0 Å². The number of allylic oxidation sites excluding steroid dienone is 1. The summed E-state index contributed by atoms with van der Waals surface area (Å²) in [5, 5.41) is 0. The average Bonchev–Trinajstić information content (AvgIpc) is 2.47. The van der Waals surface area contributed by atoms with Crippen LogP contribution in [0.1, 0.15) is 5.56 Å². The maximum Gasteiger partial charge on any atom is 0.0493 e. The van der Waals surface area contributed by atoms with Crippen molar-refractivity contribution in [2.75, 3.05) is 17.7 Å². The largest absolute Gasteiger partial charge is 0.399 e. The molecular formula is C17H16N2S. The second-order valence-electron chi connectivity index (χ2n) is 4.75. The van der Waals surface area contributed by atoms with Crippen LogP contribution in [-0.4, -0.2) is 7.05 Å². The first-order valence-corrected chi connectivity index (χ1v) is 7.24. The summed E-state index contributed by atoms with van der Waals surface area (Å²) in [7, 11) is 2.04. The standard InChI is InChI=1S/C17H16N2S/c1-12-11-17(20-14-9-7-13(18)8-10-14)15-5-3-4-6-16(15)19(12)2/h3-11H,1,18H2,2H3. The first kappa shape index (κ1) is 12.9. The molecule has 1 heterocycles. The molecule has 2 nitrogen and oxygen atoms in total.